The third-order valence-corrected chi connectivity index (χ3v) is 2.85. The molecule has 1 aliphatic carbocycles. The molecule has 1 N–H and O–H groups in total. The van der Waals surface area contributed by atoms with Crippen molar-refractivity contribution in [3.63, 3.8) is 0 Å². The summed E-state index contributed by atoms with van der Waals surface area (Å²) in [5.41, 5.74) is 0. The number of thioether (sulfide) groups is 1. The molecule has 0 atom stereocenters. The van der Waals surface area contributed by atoms with Crippen molar-refractivity contribution in [2.75, 3.05) is 11.6 Å². The molecule has 0 fully saturated rings. The first-order chi connectivity index (χ1) is 6.88. The topological polar surface area (TPSA) is 37.8 Å². The zero-order chi connectivity index (χ0) is 9.80. The molecule has 2 rings (SSSR count). The first-order valence-electron chi connectivity index (χ1n) is 4.68. The highest BCUT2D eigenvalue weighted by Gasteiger charge is 2.09. The van der Waals surface area contributed by atoms with Crippen molar-refractivity contribution in [2.24, 2.45) is 0 Å². The molecule has 0 amide bonds. The number of hydrogen-bond donors (Lipinski definition) is 1. The quantitative estimate of drug-likeness (QED) is 0.610. The largest absolute Gasteiger partial charge is 0.365 e. The number of anilines is 1. The summed E-state index contributed by atoms with van der Waals surface area (Å²) >= 11 is 1.61. The molecule has 0 radical (unpaired) electrons. The number of hydrogen-bond acceptors (Lipinski definition) is 4. The molecule has 0 aromatic carbocycles. The van der Waals surface area contributed by atoms with Gasteiger partial charge in [-0.1, -0.05) is 12.2 Å². The van der Waals surface area contributed by atoms with Gasteiger partial charge in [-0.3, -0.25) is 0 Å². The summed E-state index contributed by atoms with van der Waals surface area (Å²) in [6, 6.07) is 4.48. The molecule has 0 bridgehead atoms. The number of rotatable bonds is 3. The van der Waals surface area contributed by atoms with E-state index in [9.17, 15) is 0 Å². The fraction of sp³-hybridized carbons (Fsp3) is 0.400. The van der Waals surface area contributed by atoms with Gasteiger partial charge in [0, 0.05) is 6.04 Å². The third-order valence-electron chi connectivity index (χ3n) is 2.21. The lowest BCUT2D eigenvalue weighted by Crippen LogP contribution is -2.16. The molecule has 74 valence electrons. The second-order valence-electron chi connectivity index (χ2n) is 3.25. The summed E-state index contributed by atoms with van der Waals surface area (Å²) in [6.45, 7) is 0. The van der Waals surface area contributed by atoms with Crippen LogP contribution in [0.25, 0.3) is 0 Å². The van der Waals surface area contributed by atoms with E-state index in [1.807, 2.05) is 18.4 Å². The van der Waals surface area contributed by atoms with Crippen LogP contribution in [0.5, 0.6) is 0 Å². The highest BCUT2D eigenvalue weighted by atomic mass is 32.2. The van der Waals surface area contributed by atoms with E-state index in [0.29, 0.717) is 6.04 Å². The van der Waals surface area contributed by atoms with Crippen LogP contribution < -0.4 is 5.32 Å². The van der Waals surface area contributed by atoms with E-state index >= 15 is 0 Å². The second-order valence-corrected chi connectivity index (χ2v) is 4.07. The Hall–Kier alpha value is -1.03. The molecule has 0 saturated carbocycles. The van der Waals surface area contributed by atoms with Gasteiger partial charge in [0.2, 0.25) is 0 Å². The van der Waals surface area contributed by atoms with E-state index in [1.165, 1.54) is 0 Å². The molecular formula is C10H13N3S. The Morgan fingerprint density at radius 3 is 2.64 bits per heavy atom. The van der Waals surface area contributed by atoms with Gasteiger partial charge in [0.1, 0.15) is 10.8 Å². The third kappa shape index (κ3) is 2.26. The molecule has 0 aliphatic heterocycles. The zero-order valence-corrected chi connectivity index (χ0v) is 8.92. The lowest BCUT2D eigenvalue weighted by Gasteiger charge is -2.11. The van der Waals surface area contributed by atoms with Crippen LogP contribution in [-0.4, -0.2) is 22.5 Å². The highest BCUT2D eigenvalue weighted by Crippen LogP contribution is 2.16. The summed E-state index contributed by atoms with van der Waals surface area (Å²) in [4.78, 5) is 0. The van der Waals surface area contributed by atoms with Crippen LogP contribution in [0.2, 0.25) is 0 Å². The maximum absolute atomic E-state index is 4.10. The minimum atomic E-state index is 0.504. The van der Waals surface area contributed by atoms with Crippen molar-refractivity contribution < 1.29 is 0 Å². The van der Waals surface area contributed by atoms with Crippen LogP contribution >= 0.6 is 11.8 Å². The monoisotopic (exact) mass is 207 g/mol. The SMILES string of the molecule is CSc1ccc(NC2CC=CC2)nn1. The van der Waals surface area contributed by atoms with Crippen molar-refractivity contribution in [2.45, 2.75) is 23.9 Å². The van der Waals surface area contributed by atoms with Crippen LogP contribution in [0, 0.1) is 0 Å². The molecular weight excluding hydrogens is 194 g/mol. The molecule has 0 saturated heterocycles. The molecule has 1 aromatic heterocycles. The summed E-state index contributed by atoms with van der Waals surface area (Å²) in [6.07, 6.45) is 8.57. The standard InChI is InChI=1S/C10H13N3S/c1-14-10-7-6-9(12-13-10)11-8-4-2-3-5-8/h2-3,6-8H,4-5H2,1H3,(H,11,12). The van der Waals surface area contributed by atoms with E-state index in [0.717, 1.165) is 23.7 Å². The van der Waals surface area contributed by atoms with Crippen molar-refractivity contribution in [3.8, 4) is 0 Å². The maximum atomic E-state index is 4.10. The van der Waals surface area contributed by atoms with Gasteiger partial charge in [-0.05, 0) is 31.2 Å². The fourth-order valence-electron chi connectivity index (χ4n) is 1.45. The van der Waals surface area contributed by atoms with Gasteiger partial charge >= 0.3 is 0 Å². The van der Waals surface area contributed by atoms with Crippen molar-refractivity contribution in [1.82, 2.24) is 10.2 Å². The first-order valence-corrected chi connectivity index (χ1v) is 5.90. The molecule has 3 nitrogen and oxygen atoms in total. The fourth-order valence-corrected chi connectivity index (χ4v) is 1.78. The normalized spacial score (nSPS) is 16.1. The van der Waals surface area contributed by atoms with Gasteiger partial charge < -0.3 is 5.32 Å². The van der Waals surface area contributed by atoms with Gasteiger partial charge in [0.25, 0.3) is 0 Å². The van der Waals surface area contributed by atoms with Gasteiger partial charge in [-0.25, -0.2) is 0 Å². The Kier molecular flexibility index (Phi) is 3.03. The van der Waals surface area contributed by atoms with E-state index < -0.39 is 0 Å². The average Bonchev–Trinajstić information content (AvgIpc) is 2.72. The maximum Gasteiger partial charge on any atom is 0.148 e. The number of nitrogens with one attached hydrogen (secondary N) is 1. The Morgan fingerprint density at radius 2 is 2.07 bits per heavy atom. The van der Waals surface area contributed by atoms with Gasteiger partial charge in [-0.2, -0.15) is 0 Å². The predicted octanol–water partition coefficient (Wildman–Crippen LogP) is 2.33. The summed E-state index contributed by atoms with van der Waals surface area (Å²) in [7, 11) is 0. The lowest BCUT2D eigenvalue weighted by atomic mass is 10.2. The number of nitrogens with zero attached hydrogens (tertiary/aromatic N) is 2. The summed E-state index contributed by atoms with van der Waals surface area (Å²) in [5, 5.41) is 12.5. The van der Waals surface area contributed by atoms with Gasteiger partial charge in [0.05, 0.1) is 0 Å². The summed E-state index contributed by atoms with van der Waals surface area (Å²) < 4.78 is 0. The van der Waals surface area contributed by atoms with Crippen LogP contribution in [-0.2, 0) is 0 Å². The van der Waals surface area contributed by atoms with Gasteiger partial charge in [0.15, 0.2) is 0 Å². The molecule has 1 aliphatic rings. The van der Waals surface area contributed by atoms with E-state index in [-0.39, 0.29) is 0 Å². The Bertz CT molecular complexity index is 313. The van der Waals surface area contributed by atoms with Crippen LogP contribution in [0.15, 0.2) is 29.3 Å². The van der Waals surface area contributed by atoms with Crippen LogP contribution in [0.3, 0.4) is 0 Å². The van der Waals surface area contributed by atoms with E-state index in [2.05, 4.69) is 27.7 Å². The Labute approximate surface area is 88.0 Å². The average molecular weight is 207 g/mol. The Balaban J connectivity index is 1.96. The molecule has 1 aromatic rings. The van der Waals surface area contributed by atoms with E-state index in [4.69, 9.17) is 0 Å². The molecule has 14 heavy (non-hydrogen) atoms. The minimum Gasteiger partial charge on any atom is -0.365 e. The van der Waals surface area contributed by atoms with Crippen LogP contribution in [0.4, 0.5) is 5.82 Å². The predicted molar refractivity (Wildman–Crippen MR) is 59.6 cm³/mol. The molecule has 4 heteroatoms. The van der Waals surface area contributed by atoms with Gasteiger partial charge in [-0.15, -0.1) is 22.0 Å². The first kappa shape index (κ1) is 9.52. The lowest BCUT2D eigenvalue weighted by molar-refractivity contribution is 0.770. The highest BCUT2D eigenvalue weighted by molar-refractivity contribution is 7.98. The summed E-state index contributed by atoms with van der Waals surface area (Å²) in [5.74, 6) is 0.872. The molecule has 1 heterocycles. The van der Waals surface area contributed by atoms with Crippen molar-refractivity contribution in [1.29, 1.82) is 0 Å². The van der Waals surface area contributed by atoms with Crippen molar-refractivity contribution >= 4 is 17.6 Å². The second kappa shape index (κ2) is 4.46. The Morgan fingerprint density at radius 1 is 1.29 bits per heavy atom. The van der Waals surface area contributed by atoms with E-state index in [1.54, 1.807) is 11.8 Å². The zero-order valence-electron chi connectivity index (χ0n) is 8.10. The number of aromatic nitrogens is 2. The van der Waals surface area contributed by atoms with Crippen molar-refractivity contribution in [3.05, 3.63) is 24.3 Å². The minimum absolute atomic E-state index is 0.504. The molecule has 0 unspecified atom stereocenters. The van der Waals surface area contributed by atoms with Crippen LogP contribution in [0.1, 0.15) is 12.8 Å². The molecule has 0 spiro atoms. The smallest absolute Gasteiger partial charge is 0.148 e.